The van der Waals surface area contributed by atoms with Gasteiger partial charge in [0, 0.05) is 18.7 Å². The smallest absolute Gasteiger partial charge is 0.341 e. The fraction of sp³-hybridized carbons (Fsp3) is 0.700. The maximum atomic E-state index is 12.4. The van der Waals surface area contributed by atoms with E-state index in [9.17, 15) is 19.8 Å². The van der Waals surface area contributed by atoms with Gasteiger partial charge in [-0.15, -0.1) is 0 Å². The summed E-state index contributed by atoms with van der Waals surface area (Å²) in [5, 5.41) is 20.4. The van der Waals surface area contributed by atoms with Crippen LogP contribution in [0.15, 0.2) is 23.3 Å². The molecule has 152 valence electrons. The normalized spacial score (nSPS) is 26.4. The van der Waals surface area contributed by atoms with E-state index in [0.717, 1.165) is 18.5 Å². The van der Waals surface area contributed by atoms with E-state index in [1.165, 1.54) is 6.92 Å². The van der Waals surface area contributed by atoms with E-state index in [4.69, 9.17) is 9.47 Å². The third kappa shape index (κ3) is 4.25. The van der Waals surface area contributed by atoms with Crippen molar-refractivity contribution in [1.29, 1.82) is 0 Å². The highest BCUT2D eigenvalue weighted by Crippen LogP contribution is 2.32. The largest absolute Gasteiger partial charge is 0.459 e. The zero-order valence-corrected chi connectivity index (χ0v) is 16.8. The van der Waals surface area contributed by atoms with E-state index in [0.29, 0.717) is 12.1 Å². The number of hydrogen-bond acceptors (Lipinski definition) is 7. The zero-order chi connectivity index (χ0) is 20.4. The molecule has 4 atom stereocenters. The van der Waals surface area contributed by atoms with Crippen LogP contribution in [-0.4, -0.2) is 70.6 Å². The highest BCUT2D eigenvalue weighted by atomic mass is 16.6. The Hall–Kier alpha value is -1.70. The Morgan fingerprint density at radius 2 is 2.07 bits per heavy atom. The molecule has 2 aliphatic rings. The Morgan fingerprint density at radius 3 is 2.63 bits per heavy atom. The molecule has 2 heterocycles. The van der Waals surface area contributed by atoms with Crippen LogP contribution in [0.4, 0.5) is 0 Å². The van der Waals surface area contributed by atoms with Gasteiger partial charge in [0.1, 0.15) is 12.7 Å². The van der Waals surface area contributed by atoms with Crippen LogP contribution in [0.25, 0.3) is 0 Å². The number of ether oxygens (including phenoxy) is 2. The van der Waals surface area contributed by atoms with E-state index in [1.54, 1.807) is 33.8 Å². The van der Waals surface area contributed by atoms with Crippen molar-refractivity contribution in [2.75, 3.05) is 19.7 Å². The first-order valence-electron chi connectivity index (χ1n) is 9.47. The summed E-state index contributed by atoms with van der Waals surface area (Å²) in [6, 6.07) is -0.120. The number of esters is 2. The van der Waals surface area contributed by atoms with Crippen molar-refractivity contribution in [1.82, 2.24) is 4.90 Å². The Bertz CT molecular complexity index is 628. The van der Waals surface area contributed by atoms with Gasteiger partial charge in [-0.1, -0.05) is 26.0 Å². The number of aliphatic hydroxyl groups is 2. The minimum atomic E-state index is -1.95. The molecule has 0 saturated carbocycles. The lowest BCUT2D eigenvalue weighted by Gasteiger charge is -2.32. The van der Waals surface area contributed by atoms with Crippen LogP contribution < -0.4 is 0 Å². The molecule has 27 heavy (non-hydrogen) atoms. The number of carbonyl (C=O) groups excluding carboxylic acids is 2. The molecular formula is C20H31NO6. The van der Waals surface area contributed by atoms with Gasteiger partial charge in [0.2, 0.25) is 0 Å². The molecule has 0 amide bonds. The highest BCUT2D eigenvalue weighted by Gasteiger charge is 2.47. The lowest BCUT2D eigenvalue weighted by atomic mass is 9.85. The number of carbonyl (C=O) groups is 2. The van der Waals surface area contributed by atoms with E-state index in [-0.39, 0.29) is 24.7 Å². The zero-order valence-electron chi connectivity index (χ0n) is 16.8. The van der Waals surface area contributed by atoms with Gasteiger partial charge in [-0.25, -0.2) is 9.59 Å². The van der Waals surface area contributed by atoms with Crippen molar-refractivity contribution < 1.29 is 29.3 Å². The molecule has 0 aromatic heterocycles. The summed E-state index contributed by atoms with van der Waals surface area (Å²) < 4.78 is 11.0. The Morgan fingerprint density at radius 1 is 1.41 bits per heavy atom. The van der Waals surface area contributed by atoms with Crippen molar-refractivity contribution in [3.8, 4) is 0 Å². The summed E-state index contributed by atoms with van der Waals surface area (Å²) in [5.41, 5.74) is -0.542. The van der Waals surface area contributed by atoms with Crippen molar-refractivity contribution in [2.24, 2.45) is 5.92 Å². The van der Waals surface area contributed by atoms with Gasteiger partial charge in [-0.3, -0.25) is 4.90 Å². The second-order valence-electron chi connectivity index (χ2n) is 7.66. The molecule has 0 aliphatic carbocycles. The van der Waals surface area contributed by atoms with Gasteiger partial charge in [-0.05, 0) is 38.7 Å². The summed E-state index contributed by atoms with van der Waals surface area (Å²) in [6.07, 6.45) is 2.87. The molecule has 1 fully saturated rings. The lowest BCUT2D eigenvalue weighted by molar-refractivity contribution is -0.183. The van der Waals surface area contributed by atoms with Gasteiger partial charge in [0.15, 0.2) is 5.60 Å². The molecule has 7 heteroatoms. The second-order valence-corrected chi connectivity index (χ2v) is 7.66. The SMILES string of the molecule is C/C=C(/C)C(=O)O[C@@H]1CCN2CC=C(COC(=O)[C@](O)(C(C)C)[C@H](C)O)C12. The Kier molecular flexibility index (Phi) is 6.83. The molecular weight excluding hydrogens is 350 g/mol. The molecule has 0 aromatic rings. The van der Waals surface area contributed by atoms with Crippen molar-refractivity contribution >= 4 is 11.9 Å². The summed E-state index contributed by atoms with van der Waals surface area (Å²) in [4.78, 5) is 26.7. The molecule has 0 aromatic carbocycles. The molecule has 0 spiro atoms. The van der Waals surface area contributed by atoms with Crippen LogP contribution in [0.5, 0.6) is 0 Å². The van der Waals surface area contributed by atoms with E-state index >= 15 is 0 Å². The van der Waals surface area contributed by atoms with Gasteiger partial charge in [0.05, 0.1) is 12.1 Å². The van der Waals surface area contributed by atoms with Crippen molar-refractivity contribution in [3.63, 3.8) is 0 Å². The summed E-state index contributed by atoms with van der Waals surface area (Å²) >= 11 is 0. The van der Waals surface area contributed by atoms with Gasteiger partial charge in [0.25, 0.3) is 0 Å². The minimum Gasteiger partial charge on any atom is -0.459 e. The molecule has 0 radical (unpaired) electrons. The average molecular weight is 381 g/mol. The van der Waals surface area contributed by atoms with E-state index < -0.39 is 23.6 Å². The topological polar surface area (TPSA) is 96.3 Å². The second kappa shape index (κ2) is 8.54. The summed E-state index contributed by atoms with van der Waals surface area (Å²) in [7, 11) is 0. The maximum absolute atomic E-state index is 12.4. The van der Waals surface area contributed by atoms with Gasteiger partial charge in [-0.2, -0.15) is 0 Å². The van der Waals surface area contributed by atoms with Crippen LogP contribution in [0.1, 0.15) is 41.0 Å². The standard InChI is InChI=1S/C20H31NO6/c1-6-13(4)18(23)27-16-8-10-21-9-7-15(17(16)21)11-26-19(24)20(25,12(2)3)14(5)22/h6-7,12,14,16-17,22,25H,8-11H2,1-5H3/b13-6-/t14-,16+,17?,20-/m0/s1. The molecule has 2 rings (SSSR count). The first kappa shape index (κ1) is 21.6. The first-order chi connectivity index (χ1) is 12.6. The average Bonchev–Trinajstić information content (AvgIpc) is 3.20. The minimum absolute atomic E-state index is 0.00159. The van der Waals surface area contributed by atoms with Crippen LogP contribution in [0.3, 0.4) is 0 Å². The first-order valence-corrected chi connectivity index (χ1v) is 9.47. The quantitative estimate of drug-likeness (QED) is 0.388. The predicted molar refractivity (Wildman–Crippen MR) is 99.8 cm³/mol. The Labute approximate surface area is 160 Å². The lowest BCUT2D eigenvalue weighted by Crippen LogP contribution is -2.53. The maximum Gasteiger partial charge on any atom is 0.341 e. The van der Waals surface area contributed by atoms with Crippen LogP contribution in [0, 0.1) is 5.92 Å². The van der Waals surface area contributed by atoms with E-state index in [2.05, 4.69) is 4.90 Å². The van der Waals surface area contributed by atoms with Crippen LogP contribution in [-0.2, 0) is 19.1 Å². The molecule has 7 nitrogen and oxygen atoms in total. The number of hydrogen-bond donors (Lipinski definition) is 2. The third-order valence-electron chi connectivity index (χ3n) is 5.64. The van der Waals surface area contributed by atoms with Crippen molar-refractivity contribution in [3.05, 3.63) is 23.3 Å². The van der Waals surface area contributed by atoms with E-state index in [1.807, 2.05) is 6.08 Å². The fourth-order valence-electron chi connectivity index (χ4n) is 3.63. The van der Waals surface area contributed by atoms with Crippen LogP contribution >= 0.6 is 0 Å². The number of aliphatic hydroxyl groups excluding tert-OH is 1. The Balaban J connectivity index is 2.03. The molecule has 0 bridgehead atoms. The number of allylic oxidation sites excluding steroid dienone is 1. The van der Waals surface area contributed by atoms with Gasteiger partial charge < -0.3 is 19.7 Å². The monoisotopic (exact) mass is 381 g/mol. The highest BCUT2D eigenvalue weighted by molar-refractivity contribution is 5.87. The molecule has 1 saturated heterocycles. The van der Waals surface area contributed by atoms with Crippen LogP contribution in [0.2, 0.25) is 0 Å². The molecule has 1 unspecified atom stereocenters. The number of nitrogens with zero attached hydrogens (tertiary/aromatic N) is 1. The molecule has 2 aliphatic heterocycles. The fourth-order valence-corrected chi connectivity index (χ4v) is 3.63. The number of rotatable bonds is 7. The number of fused-ring (bicyclic) bond motifs is 1. The van der Waals surface area contributed by atoms with Gasteiger partial charge >= 0.3 is 11.9 Å². The molecule has 2 N–H and O–H groups in total. The third-order valence-corrected chi connectivity index (χ3v) is 5.64. The summed E-state index contributed by atoms with van der Waals surface area (Å²) in [5.74, 6) is -1.68. The van der Waals surface area contributed by atoms with Crippen molar-refractivity contribution in [2.45, 2.75) is 64.9 Å². The summed E-state index contributed by atoms with van der Waals surface area (Å²) in [6.45, 7) is 9.68. The predicted octanol–water partition coefficient (Wildman–Crippen LogP) is 1.19.